The highest BCUT2D eigenvalue weighted by Gasteiger charge is 2.51. The molecule has 2 aromatic rings. The number of fused-ring (bicyclic) bond motifs is 1. The number of hydrogen-bond acceptors (Lipinski definition) is 13. The van der Waals surface area contributed by atoms with Crippen LogP contribution in [0, 0.1) is 0 Å². The van der Waals surface area contributed by atoms with Gasteiger partial charge in [-0.1, -0.05) is 0 Å². The van der Waals surface area contributed by atoms with Gasteiger partial charge in [0.25, 0.3) is 0 Å². The Balaban J connectivity index is 1.56. The SMILES string of the molecule is Nc1ncnc2c1ncn2[C@@H]1O[C@H](CO)C(O)[C@@H]1O[C@@H]1O[C@H](COP(=O)(O)O)C(O)[C@@H]1O. The maximum absolute atomic E-state index is 10.9. The molecule has 0 aliphatic carbocycles. The van der Waals surface area contributed by atoms with E-state index in [2.05, 4.69) is 19.5 Å². The van der Waals surface area contributed by atoms with E-state index in [1.165, 1.54) is 17.2 Å². The number of hydrogen-bond donors (Lipinski definition) is 7. The molecule has 0 saturated carbocycles. The number of phosphoric ester groups is 1. The van der Waals surface area contributed by atoms with Gasteiger partial charge in [0.15, 0.2) is 24.0 Å². The predicted molar refractivity (Wildman–Crippen MR) is 100 cm³/mol. The minimum absolute atomic E-state index is 0.106. The summed E-state index contributed by atoms with van der Waals surface area (Å²) in [5.74, 6) is 0.106. The molecule has 0 radical (unpaired) electrons. The van der Waals surface area contributed by atoms with Crippen LogP contribution in [-0.4, -0.2) is 106 Å². The lowest BCUT2D eigenvalue weighted by molar-refractivity contribution is -0.219. The molecule has 4 rings (SSSR count). The molecule has 0 bridgehead atoms. The number of aromatic nitrogens is 4. The highest BCUT2D eigenvalue weighted by Crippen LogP contribution is 2.39. The number of imidazole rings is 1. The van der Waals surface area contributed by atoms with Crippen molar-refractivity contribution in [3.8, 4) is 0 Å². The first-order valence-electron chi connectivity index (χ1n) is 9.35. The normalized spacial score (nSPS) is 35.7. The zero-order valence-electron chi connectivity index (χ0n) is 16.2. The monoisotopic (exact) mass is 479 g/mol. The fourth-order valence-corrected chi connectivity index (χ4v) is 3.93. The number of rotatable bonds is 7. The van der Waals surface area contributed by atoms with Crippen LogP contribution in [0.4, 0.5) is 5.82 Å². The van der Waals surface area contributed by atoms with Gasteiger partial charge in [-0.3, -0.25) is 9.09 Å². The fraction of sp³-hybridized carbons (Fsp3) is 0.667. The minimum atomic E-state index is -4.84. The van der Waals surface area contributed by atoms with Gasteiger partial charge in [0.1, 0.15) is 48.5 Å². The molecule has 0 amide bonds. The summed E-state index contributed by atoms with van der Waals surface area (Å²) in [4.78, 5) is 29.7. The summed E-state index contributed by atoms with van der Waals surface area (Å²) in [6.07, 6.45) is -8.36. The number of anilines is 1. The van der Waals surface area contributed by atoms with Crippen molar-refractivity contribution < 1.29 is 53.5 Å². The Labute approximate surface area is 179 Å². The van der Waals surface area contributed by atoms with Gasteiger partial charge in [-0.25, -0.2) is 19.5 Å². The molecule has 8 atom stereocenters. The van der Waals surface area contributed by atoms with Gasteiger partial charge in [-0.2, -0.15) is 0 Å². The lowest BCUT2D eigenvalue weighted by Gasteiger charge is -2.26. The highest BCUT2D eigenvalue weighted by atomic mass is 31.2. The Hall–Kier alpha value is -1.82. The number of nitrogens with zero attached hydrogens (tertiary/aromatic N) is 4. The Morgan fingerprint density at radius 1 is 1.09 bits per heavy atom. The summed E-state index contributed by atoms with van der Waals surface area (Å²) in [7, 11) is -4.84. The average Bonchev–Trinajstić information content (AvgIpc) is 3.38. The average molecular weight is 479 g/mol. The van der Waals surface area contributed by atoms with Crippen LogP contribution in [-0.2, 0) is 23.3 Å². The molecular weight excluding hydrogens is 457 g/mol. The second-order valence-corrected chi connectivity index (χ2v) is 8.47. The number of ether oxygens (including phenoxy) is 3. The van der Waals surface area contributed by atoms with Crippen LogP contribution < -0.4 is 5.73 Å². The molecule has 2 fully saturated rings. The van der Waals surface area contributed by atoms with E-state index in [0.717, 1.165) is 0 Å². The summed E-state index contributed by atoms with van der Waals surface area (Å²) in [6.45, 7) is -1.28. The van der Waals surface area contributed by atoms with E-state index < -0.39 is 70.2 Å². The van der Waals surface area contributed by atoms with E-state index >= 15 is 0 Å². The molecule has 2 aliphatic heterocycles. The van der Waals surface area contributed by atoms with E-state index in [1.807, 2.05) is 0 Å². The lowest BCUT2D eigenvalue weighted by atomic mass is 10.1. The summed E-state index contributed by atoms with van der Waals surface area (Å²) >= 11 is 0. The maximum Gasteiger partial charge on any atom is 0.469 e. The van der Waals surface area contributed by atoms with Crippen molar-refractivity contribution in [1.82, 2.24) is 19.5 Å². The van der Waals surface area contributed by atoms with Crippen molar-refractivity contribution in [2.24, 2.45) is 0 Å². The topological polar surface area (TPSA) is 245 Å². The molecular formula is C15H22N5O11P. The van der Waals surface area contributed by atoms with Crippen LogP contribution in [0.2, 0.25) is 0 Å². The largest absolute Gasteiger partial charge is 0.469 e. The molecule has 16 nitrogen and oxygen atoms in total. The summed E-state index contributed by atoms with van der Waals surface area (Å²) in [5.41, 5.74) is 6.30. The van der Waals surface area contributed by atoms with Gasteiger partial charge in [0.2, 0.25) is 0 Å². The van der Waals surface area contributed by atoms with E-state index in [-0.39, 0.29) is 17.0 Å². The Kier molecular flexibility index (Phi) is 6.45. The smallest absolute Gasteiger partial charge is 0.394 e. The Bertz CT molecular complexity index is 1000. The molecule has 17 heteroatoms. The van der Waals surface area contributed by atoms with Crippen LogP contribution in [0.25, 0.3) is 11.2 Å². The third-order valence-corrected chi connectivity index (χ3v) is 5.66. The van der Waals surface area contributed by atoms with E-state index in [4.69, 9.17) is 29.7 Å². The molecule has 2 saturated heterocycles. The van der Waals surface area contributed by atoms with Crippen molar-refractivity contribution in [2.75, 3.05) is 18.9 Å². The number of nitrogen functional groups attached to an aromatic ring is 1. The second kappa shape index (κ2) is 8.85. The number of nitrogens with two attached hydrogens (primary N) is 1. The minimum Gasteiger partial charge on any atom is -0.394 e. The zero-order chi connectivity index (χ0) is 23.2. The van der Waals surface area contributed by atoms with Crippen LogP contribution in [0.15, 0.2) is 12.7 Å². The molecule has 2 unspecified atom stereocenters. The van der Waals surface area contributed by atoms with E-state index in [0.29, 0.717) is 0 Å². The molecule has 32 heavy (non-hydrogen) atoms. The lowest BCUT2D eigenvalue weighted by Crippen LogP contribution is -2.42. The standard InChI is InChI=1S/C15H22N5O11P/c16-12-7-13(18-3-17-12)20(4-19-7)14-11(9(23)5(1-21)29-14)31-15-10(24)8(22)6(30-15)2-28-32(25,26)27/h3-6,8-11,14-15,21-24H,1-2H2,(H2,16,17,18)(H2,25,26,27)/t5-,6-,8?,9?,10+,11+,14-,15+/m1/s1. The predicted octanol–water partition coefficient (Wildman–Crippen LogP) is -3.40. The fourth-order valence-electron chi connectivity index (χ4n) is 3.59. The van der Waals surface area contributed by atoms with Crippen LogP contribution in [0.3, 0.4) is 0 Å². The summed E-state index contributed by atoms with van der Waals surface area (Å²) < 4.78 is 33.3. The number of phosphoric acid groups is 1. The zero-order valence-corrected chi connectivity index (χ0v) is 17.1. The van der Waals surface area contributed by atoms with Crippen molar-refractivity contribution in [3.63, 3.8) is 0 Å². The molecule has 178 valence electrons. The second-order valence-electron chi connectivity index (χ2n) is 7.23. The first kappa shape index (κ1) is 23.3. The third kappa shape index (κ3) is 4.35. The third-order valence-electron chi connectivity index (χ3n) is 5.17. The van der Waals surface area contributed by atoms with Gasteiger partial charge in [-0.15, -0.1) is 0 Å². The first-order chi connectivity index (χ1) is 15.1. The van der Waals surface area contributed by atoms with Crippen molar-refractivity contribution in [3.05, 3.63) is 12.7 Å². The van der Waals surface area contributed by atoms with E-state index in [9.17, 15) is 25.0 Å². The van der Waals surface area contributed by atoms with E-state index in [1.54, 1.807) is 0 Å². The van der Waals surface area contributed by atoms with Gasteiger partial charge in [0, 0.05) is 0 Å². The molecule has 2 aromatic heterocycles. The number of aliphatic hydroxyl groups is 4. The Morgan fingerprint density at radius 2 is 1.84 bits per heavy atom. The quantitative estimate of drug-likeness (QED) is 0.191. The molecule has 0 aromatic carbocycles. The summed E-state index contributed by atoms with van der Waals surface area (Å²) in [6, 6.07) is 0. The van der Waals surface area contributed by atoms with Gasteiger partial charge < -0.3 is 50.2 Å². The number of aliphatic hydroxyl groups excluding tert-OH is 4. The van der Waals surface area contributed by atoms with Gasteiger partial charge in [-0.05, 0) is 0 Å². The highest BCUT2D eigenvalue weighted by molar-refractivity contribution is 7.46. The maximum atomic E-state index is 10.9. The first-order valence-corrected chi connectivity index (χ1v) is 10.9. The molecule has 8 N–H and O–H groups in total. The van der Waals surface area contributed by atoms with Crippen LogP contribution in [0.5, 0.6) is 0 Å². The van der Waals surface area contributed by atoms with Crippen molar-refractivity contribution >= 4 is 24.8 Å². The summed E-state index contributed by atoms with van der Waals surface area (Å²) in [5, 5.41) is 40.5. The van der Waals surface area contributed by atoms with Gasteiger partial charge >= 0.3 is 7.82 Å². The van der Waals surface area contributed by atoms with Crippen molar-refractivity contribution in [2.45, 2.75) is 49.1 Å². The molecule has 0 spiro atoms. The van der Waals surface area contributed by atoms with Crippen LogP contribution >= 0.6 is 7.82 Å². The Morgan fingerprint density at radius 3 is 2.53 bits per heavy atom. The molecule has 4 heterocycles. The van der Waals surface area contributed by atoms with Crippen molar-refractivity contribution in [1.29, 1.82) is 0 Å². The van der Waals surface area contributed by atoms with Gasteiger partial charge in [0.05, 0.1) is 19.5 Å². The molecule has 2 aliphatic rings. The van der Waals surface area contributed by atoms with Crippen LogP contribution in [0.1, 0.15) is 6.23 Å².